The molecule has 0 aliphatic rings. The van der Waals surface area contributed by atoms with Gasteiger partial charge < -0.3 is 10.2 Å². The molecule has 0 amide bonds. The van der Waals surface area contributed by atoms with Gasteiger partial charge in [0.25, 0.3) is 0 Å². The van der Waals surface area contributed by atoms with Gasteiger partial charge in [-0.15, -0.1) is 0 Å². The summed E-state index contributed by atoms with van der Waals surface area (Å²) in [5.41, 5.74) is 7.70. The van der Waals surface area contributed by atoms with Crippen molar-refractivity contribution in [3.63, 3.8) is 0 Å². The van der Waals surface area contributed by atoms with Crippen LogP contribution in [0.4, 0.5) is 0 Å². The van der Waals surface area contributed by atoms with E-state index in [4.69, 9.17) is 0 Å². The Hall–Kier alpha value is -1.96. The molecule has 0 aliphatic carbocycles. The molecule has 2 N–H and O–H groups in total. The summed E-state index contributed by atoms with van der Waals surface area (Å²) in [6, 6.07) is 8.01. The molecule has 2 heteroatoms. The van der Waals surface area contributed by atoms with Crippen molar-refractivity contribution in [3.8, 4) is 22.6 Å². The molecule has 2 rings (SSSR count). The molecule has 2 nitrogen and oxygen atoms in total. The van der Waals surface area contributed by atoms with Crippen molar-refractivity contribution in [3.05, 3.63) is 46.5 Å². The molecule has 0 heterocycles. The molecule has 2 aromatic carbocycles. The average molecular weight is 467 g/mol. The van der Waals surface area contributed by atoms with E-state index in [0.717, 1.165) is 51.4 Å². The first kappa shape index (κ1) is 28.3. The highest BCUT2D eigenvalue weighted by Gasteiger charge is 2.21. The predicted octanol–water partition coefficient (Wildman–Crippen LogP) is 9.12. The number of rotatable bonds is 13. The fraction of sp³-hybridized carbons (Fsp3) is 0.625. The summed E-state index contributed by atoms with van der Waals surface area (Å²) in [7, 11) is 0. The first-order valence-corrected chi connectivity index (χ1v) is 13.7. The lowest BCUT2D eigenvalue weighted by atomic mass is 9.81. The second-order valence-corrected chi connectivity index (χ2v) is 12.0. The summed E-state index contributed by atoms with van der Waals surface area (Å²) in [5.74, 6) is 3.19. The number of aryl methyl sites for hydroxylation is 4. The van der Waals surface area contributed by atoms with Crippen molar-refractivity contribution in [1.29, 1.82) is 0 Å². The molecule has 0 aromatic heterocycles. The minimum Gasteiger partial charge on any atom is -0.508 e. The zero-order valence-electron chi connectivity index (χ0n) is 23.2. The first-order valence-electron chi connectivity index (χ1n) is 13.7. The zero-order chi connectivity index (χ0) is 25.4. The van der Waals surface area contributed by atoms with Crippen LogP contribution < -0.4 is 0 Å². The molecule has 0 spiro atoms. The van der Waals surface area contributed by atoms with Gasteiger partial charge in [-0.3, -0.25) is 0 Å². The molecule has 0 saturated heterocycles. The highest BCUT2D eigenvalue weighted by atomic mass is 16.3. The Kier molecular flexibility index (Phi) is 11.0. The average Bonchev–Trinajstić information content (AvgIpc) is 2.73. The van der Waals surface area contributed by atoms with Crippen LogP contribution in [0.3, 0.4) is 0 Å². The largest absolute Gasteiger partial charge is 0.508 e. The van der Waals surface area contributed by atoms with Crippen molar-refractivity contribution in [1.82, 2.24) is 0 Å². The van der Waals surface area contributed by atoms with Crippen LogP contribution in [0.5, 0.6) is 11.5 Å². The smallest absolute Gasteiger partial charge is 0.116 e. The number of phenols is 2. The van der Waals surface area contributed by atoms with Crippen LogP contribution in [0.2, 0.25) is 0 Å². The van der Waals surface area contributed by atoms with E-state index in [0.29, 0.717) is 35.2 Å². The fourth-order valence-corrected chi connectivity index (χ4v) is 4.71. The van der Waals surface area contributed by atoms with E-state index in [-0.39, 0.29) is 0 Å². The lowest BCUT2D eigenvalue weighted by Crippen LogP contribution is -2.07. The summed E-state index contributed by atoms with van der Waals surface area (Å²) in [5, 5.41) is 21.4. The normalized spacial score (nSPS) is 12.0. The second kappa shape index (κ2) is 13.2. The van der Waals surface area contributed by atoms with E-state index >= 15 is 0 Å². The van der Waals surface area contributed by atoms with E-state index in [1.165, 1.54) is 33.4 Å². The third kappa shape index (κ3) is 8.67. The topological polar surface area (TPSA) is 40.5 Å². The van der Waals surface area contributed by atoms with Crippen LogP contribution in [0, 0.1) is 23.7 Å². The Bertz CT molecular complexity index is 764. The van der Waals surface area contributed by atoms with Gasteiger partial charge in [-0.2, -0.15) is 0 Å². The van der Waals surface area contributed by atoms with Crippen LogP contribution in [0.1, 0.15) is 103 Å². The molecule has 0 saturated carbocycles. The Morgan fingerprint density at radius 1 is 0.441 bits per heavy atom. The van der Waals surface area contributed by atoms with Crippen LogP contribution in [0.25, 0.3) is 11.1 Å². The molecule has 0 fully saturated rings. The highest BCUT2D eigenvalue weighted by molar-refractivity contribution is 5.79. The molecule has 0 aliphatic heterocycles. The Balaban J connectivity index is 2.79. The summed E-state index contributed by atoms with van der Waals surface area (Å²) in [6.45, 7) is 18.1. The lowest BCUT2D eigenvalue weighted by molar-refractivity contribution is 0.471. The van der Waals surface area contributed by atoms with E-state index in [1.807, 2.05) is 24.3 Å². The molecule has 2 aromatic rings. The van der Waals surface area contributed by atoms with Gasteiger partial charge in [0.05, 0.1) is 0 Å². The third-order valence-electron chi connectivity index (χ3n) is 6.79. The molecule has 0 unspecified atom stereocenters. The standard InChI is InChI=1S/C32H50O2/c1-21(2)9-13-25-17-29(33)18-26(14-10-22(3)4)31(25)32-27(15-11-23(5)6)19-30(34)20-28(32)16-12-24(7)8/h17-24,33-34H,9-16H2,1-8H3. The number of hydrogen-bond acceptors (Lipinski definition) is 2. The molecular formula is C32H50O2. The van der Waals surface area contributed by atoms with E-state index in [2.05, 4.69) is 55.4 Å². The number of aromatic hydroxyl groups is 2. The number of hydrogen-bond donors (Lipinski definition) is 2. The van der Waals surface area contributed by atoms with Crippen LogP contribution in [-0.4, -0.2) is 10.2 Å². The second-order valence-electron chi connectivity index (χ2n) is 12.0. The van der Waals surface area contributed by atoms with E-state index in [1.54, 1.807) is 0 Å². The Morgan fingerprint density at radius 2 is 0.647 bits per heavy atom. The third-order valence-corrected chi connectivity index (χ3v) is 6.79. The minimum atomic E-state index is 0.382. The van der Waals surface area contributed by atoms with Crippen LogP contribution in [-0.2, 0) is 25.7 Å². The van der Waals surface area contributed by atoms with Gasteiger partial charge in [0.15, 0.2) is 0 Å². The van der Waals surface area contributed by atoms with E-state index < -0.39 is 0 Å². The van der Waals surface area contributed by atoms with Crippen molar-refractivity contribution in [2.24, 2.45) is 23.7 Å². The van der Waals surface area contributed by atoms with Gasteiger partial charge in [0.1, 0.15) is 11.5 Å². The summed E-state index contributed by atoms with van der Waals surface area (Å²) >= 11 is 0. The lowest BCUT2D eigenvalue weighted by Gasteiger charge is -2.24. The molecular weight excluding hydrogens is 416 g/mol. The van der Waals surface area contributed by atoms with E-state index in [9.17, 15) is 10.2 Å². The maximum absolute atomic E-state index is 10.7. The maximum Gasteiger partial charge on any atom is 0.116 e. The Labute approximate surface area is 209 Å². The van der Waals surface area contributed by atoms with Crippen molar-refractivity contribution in [2.75, 3.05) is 0 Å². The molecule has 0 bridgehead atoms. The quantitative estimate of drug-likeness (QED) is 0.309. The molecule has 0 radical (unpaired) electrons. The Morgan fingerprint density at radius 3 is 0.824 bits per heavy atom. The summed E-state index contributed by atoms with van der Waals surface area (Å²) in [4.78, 5) is 0. The molecule has 190 valence electrons. The van der Waals surface area contributed by atoms with Gasteiger partial charge in [0.2, 0.25) is 0 Å². The summed E-state index contributed by atoms with van der Waals surface area (Å²) < 4.78 is 0. The van der Waals surface area contributed by atoms with Crippen LogP contribution >= 0.6 is 0 Å². The van der Waals surface area contributed by atoms with Crippen molar-refractivity contribution >= 4 is 0 Å². The van der Waals surface area contributed by atoms with Crippen molar-refractivity contribution < 1.29 is 10.2 Å². The van der Waals surface area contributed by atoms with Gasteiger partial charge in [-0.25, -0.2) is 0 Å². The monoisotopic (exact) mass is 466 g/mol. The van der Waals surface area contributed by atoms with Crippen molar-refractivity contribution in [2.45, 2.75) is 107 Å². The van der Waals surface area contributed by atoms with Crippen LogP contribution in [0.15, 0.2) is 24.3 Å². The zero-order valence-corrected chi connectivity index (χ0v) is 23.2. The van der Waals surface area contributed by atoms with Gasteiger partial charge in [-0.1, -0.05) is 55.4 Å². The SMILES string of the molecule is CC(C)CCc1cc(O)cc(CCC(C)C)c1-c1c(CCC(C)C)cc(O)cc1CCC(C)C. The molecule has 34 heavy (non-hydrogen) atoms. The van der Waals surface area contributed by atoms with Gasteiger partial charge in [-0.05, 0) is 133 Å². The van der Waals surface area contributed by atoms with Gasteiger partial charge in [0, 0.05) is 0 Å². The summed E-state index contributed by atoms with van der Waals surface area (Å²) in [6.07, 6.45) is 8.24. The molecule has 0 atom stereocenters. The predicted molar refractivity (Wildman–Crippen MR) is 148 cm³/mol. The number of phenolic OH excluding ortho intramolecular Hbond substituents is 2. The fourth-order valence-electron chi connectivity index (χ4n) is 4.71. The minimum absolute atomic E-state index is 0.382. The first-order chi connectivity index (χ1) is 16.0. The number of benzene rings is 2. The maximum atomic E-state index is 10.7. The van der Waals surface area contributed by atoms with Gasteiger partial charge >= 0.3 is 0 Å². The highest BCUT2D eigenvalue weighted by Crippen LogP contribution is 2.41.